The summed E-state index contributed by atoms with van der Waals surface area (Å²) in [6.07, 6.45) is 6.80. The molecular formula is C14H26FN. The Morgan fingerprint density at radius 1 is 1.25 bits per heavy atom. The monoisotopic (exact) mass is 227 g/mol. The van der Waals surface area contributed by atoms with Crippen LogP contribution in [0, 0.1) is 11.3 Å². The summed E-state index contributed by atoms with van der Waals surface area (Å²) in [4.78, 5) is 2.38. The Morgan fingerprint density at radius 2 is 1.94 bits per heavy atom. The predicted molar refractivity (Wildman–Crippen MR) is 66.3 cm³/mol. The van der Waals surface area contributed by atoms with Gasteiger partial charge in [-0.15, -0.1) is 0 Å². The number of nitrogens with zero attached hydrogens (tertiary/aromatic N) is 1. The quantitative estimate of drug-likeness (QED) is 0.696. The van der Waals surface area contributed by atoms with Crippen molar-refractivity contribution in [2.45, 2.75) is 58.5 Å². The lowest BCUT2D eigenvalue weighted by atomic mass is 9.69. The van der Waals surface area contributed by atoms with Crippen molar-refractivity contribution in [2.24, 2.45) is 11.3 Å². The Kier molecular flexibility index (Phi) is 3.89. The molecule has 16 heavy (non-hydrogen) atoms. The zero-order valence-corrected chi connectivity index (χ0v) is 10.8. The van der Waals surface area contributed by atoms with Gasteiger partial charge in [-0.05, 0) is 30.6 Å². The largest absolute Gasteiger partial charge is 0.300 e. The van der Waals surface area contributed by atoms with Crippen molar-refractivity contribution in [3.05, 3.63) is 0 Å². The van der Waals surface area contributed by atoms with Crippen molar-refractivity contribution in [2.75, 3.05) is 19.6 Å². The Bertz CT molecular complexity index is 219. The molecule has 0 aromatic heterocycles. The van der Waals surface area contributed by atoms with Gasteiger partial charge in [-0.2, -0.15) is 0 Å². The van der Waals surface area contributed by atoms with Gasteiger partial charge in [-0.1, -0.05) is 33.1 Å². The van der Waals surface area contributed by atoms with E-state index >= 15 is 0 Å². The smallest absolute Gasteiger partial charge is 0.113 e. The number of hydrogen-bond donors (Lipinski definition) is 0. The summed E-state index contributed by atoms with van der Waals surface area (Å²) in [5.74, 6) is 0.658. The van der Waals surface area contributed by atoms with Gasteiger partial charge in [0.15, 0.2) is 0 Å². The van der Waals surface area contributed by atoms with Crippen LogP contribution in [0.3, 0.4) is 0 Å². The van der Waals surface area contributed by atoms with E-state index in [1.165, 1.54) is 32.1 Å². The van der Waals surface area contributed by atoms with Crippen molar-refractivity contribution in [3.8, 4) is 0 Å². The van der Waals surface area contributed by atoms with Crippen molar-refractivity contribution in [1.29, 1.82) is 0 Å². The average Bonchev–Trinajstić information content (AvgIpc) is 2.15. The zero-order chi connectivity index (χ0) is 11.6. The molecule has 94 valence electrons. The molecule has 1 aliphatic carbocycles. The highest BCUT2D eigenvalue weighted by atomic mass is 19.1. The van der Waals surface area contributed by atoms with Crippen LogP contribution in [0.15, 0.2) is 0 Å². The molecule has 1 aliphatic heterocycles. The highest BCUT2D eigenvalue weighted by Gasteiger charge is 2.40. The second-order valence-corrected chi connectivity index (χ2v) is 6.45. The van der Waals surface area contributed by atoms with E-state index in [9.17, 15) is 4.39 Å². The van der Waals surface area contributed by atoms with E-state index in [0.29, 0.717) is 17.9 Å². The summed E-state index contributed by atoms with van der Waals surface area (Å²) >= 11 is 0. The molecule has 2 heteroatoms. The minimum atomic E-state index is -0.578. The summed E-state index contributed by atoms with van der Waals surface area (Å²) in [7, 11) is 0. The van der Waals surface area contributed by atoms with Crippen LogP contribution in [0.5, 0.6) is 0 Å². The SMILES string of the molecule is CC(C)CN1CC(F)CC2(CCCCC2)C1. The Hall–Kier alpha value is -0.110. The molecule has 1 nitrogen and oxygen atoms in total. The van der Waals surface area contributed by atoms with E-state index in [1.807, 2.05) is 0 Å². The molecule has 1 saturated heterocycles. The van der Waals surface area contributed by atoms with E-state index in [4.69, 9.17) is 0 Å². The second-order valence-electron chi connectivity index (χ2n) is 6.45. The lowest BCUT2D eigenvalue weighted by Crippen LogP contribution is -2.50. The lowest BCUT2D eigenvalue weighted by molar-refractivity contribution is 0.00127. The van der Waals surface area contributed by atoms with E-state index < -0.39 is 6.17 Å². The molecule has 2 rings (SSSR count). The minimum Gasteiger partial charge on any atom is -0.300 e. The van der Waals surface area contributed by atoms with Gasteiger partial charge in [0.2, 0.25) is 0 Å². The number of rotatable bonds is 2. The molecule has 2 aliphatic rings. The fourth-order valence-corrected chi connectivity index (χ4v) is 3.74. The number of alkyl halides is 1. The molecule has 1 unspecified atom stereocenters. The van der Waals surface area contributed by atoms with Gasteiger partial charge in [0.25, 0.3) is 0 Å². The highest BCUT2D eigenvalue weighted by molar-refractivity contribution is 4.92. The third-order valence-corrected chi connectivity index (χ3v) is 4.21. The Balaban J connectivity index is 1.98. The number of piperidine rings is 1. The van der Waals surface area contributed by atoms with E-state index in [-0.39, 0.29) is 0 Å². The second kappa shape index (κ2) is 5.03. The molecule has 0 N–H and O–H groups in total. The number of halogens is 1. The standard InChI is InChI=1S/C14H26FN/c1-12(2)9-16-10-13(15)8-14(11-16)6-4-3-5-7-14/h12-13H,3-11H2,1-2H3. The van der Waals surface area contributed by atoms with Crippen LogP contribution in [0.2, 0.25) is 0 Å². The predicted octanol–water partition coefficient (Wildman–Crippen LogP) is 3.64. The molecule has 1 atom stereocenters. The molecular weight excluding hydrogens is 201 g/mol. The first kappa shape index (κ1) is 12.3. The Labute approximate surface area is 99.4 Å². The number of likely N-dealkylation sites (tertiary alicyclic amines) is 1. The fraction of sp³-hybridized carbons (Fsp3) is 1.00. The molecule has 0 aromatic rings. The van der Waals surface area contributed by atoms with Crippen LogP contribution in [0.1, 0.15) is 52.4 Å². The van der Waals surface area contributed by atoms with Crippen LogP contribution in [-0.4, -0.2) is 30.7 Å². The topological polar surface area (TPSA) is 3.24 Å². The fourth-order valence-electron chi connectivity index (χ4n) is 3.74. The highest BCUT2D eigenvalue weighted by Crippen LogP contribution is 2.43. The third-order valence-electron chi connectivity index (χ3n) is 4.21. The molecule has 2 fully saturated rings. The maximum atomic E-state index is 13.9. The average molecular weight is 227 g/mol. The maximum absolute atomic E-state index is 13.9. The molecule has 1 saturated carbocycles. The first-order valence-electron chi connectivity index (χ1n) is 6.96. The van der Waals surface area contributed by atoms with Gasteiger partial charge in [-0.3, -0.25) is 4.90 Å². The maximum Gasteiger partial charge on any atom is 0.113 e. The molecule has 0 aromatic carbocycles. The van der Waals surface area contributed by atoms with Crippen molar-refractivity contribution in [1.82, 2.24) is 4.90 Å². The zero-order valence-electron chi connectivity index (χ0n) is 10.8. The number of hydrogen-bond acceptors (Lipinski definition) is 1. The lowest BCUT2D eigenvalue weighted by Gasteiger charge is -2.47. The van der Waals surface area contributed by atoms with Crippen LogP contribution in [0.25, 0.3) is 0 Å². The van der Waals surface area contributed by atoms with Crippen LogP contribution >= 0.6 is 0 Å². The third kappa shape index (κ3) is 2.97. The van der Waals surface area contributed by atoms with Gasteiger partial charge in [0.05, 0.1) is 0 Å². The van der Waals surface area contributed by atoms with Crippen LogP contribution in [-0.2, 0) is 0 Å². The Morgan fingerprint density at radius 3 is 2.56 bits per heavy atom. The normalized spacial score (nSPS) is 31.1. The molecule has 1 heterocycles. The summed E-state index contributed by atoms with van der Waals surface area (Å²) in [6, 6.07) is 0. The first-order chi connectivity index (χ1) is 7.60. The van der Waals surface area contributed by atoms with Gasteiger partial charge < -0.3 is 0 Å². The van der Waals surface area contributed by atoms with Crippen LogP contribution in [0.4, 0.5) is 4.39 Å². The summed E-state index contributed by atoms with van der Waals surface area (Å²) < 4.78 is 13.9. The summed E-state index contributed by atoms with van der Waals surface area (Å²) in [5, 5.41) is 0. The van der Waals surface area contributed by atoms with Crippen LogP contribution < -0.4 is 0 Å². The minimum absolute atomic E-state index is 0.338. The van der Waals surface area contributed by atoms with E-state index in [2.05, 4.69) is 18.7 Å². The van der Waals surface area contributed by atoms with E-state index in [0.717, 1.165) is 19.5 Å². The van der Waals surface area contributed by atoms with Gasteiger partial charge in [0, 0.05) is 19.6 Å². The first-order valence-corrected chi connectivity index (χ1v) is 6.96. The van der Waals surface area contributed by atoms with Crippen molar-refractivity contribution < 1.29 is 4.39 Å². The van der Waals surface area contributed by atoms with Crippen molar-refractivity contribution >= 4 is 0 Å². The summed E-state index contributed by atoms with van der Waals surface area (Å²) in [5.41, 5.74) is 0.338. The molecule has 1 spiro atoms. The molecule has 0 radical (unpaired) electrons. The molecule has 0 bridgehead atoms. The molecule has 0 amide bonds. The van der Waals surface area contributed by atoms with E-state index in [1.54, 1.807) is 0 Å². The van der Waals surface area contributed by atoms with Gasteiger partial charge in [0.1, 0.15) is 6.17 Å². The summed E-state index contributed by atoms with van der Waals surface area (Å²) in [6.45, 7) is 7.37. The van der Waals surface area contributed by atoms with Gasteiger partial charge >= 0.3 is 0 Å². The van der Waals surface area contributed by atoms with Crippen molar-refractivity contribution in [3.63, 3.8) is 0 Å². The van der Waals surface area contributed by atoms with Gasteiger partial charge in [-0.25, -0.2) is 4.39 Å².